The van der Waals surface area contributed by atoms with Gasteiger partial charge in [0.05, 0.1) is 80.5 Å². The molecule has 4 amide bonds. The number of Topliss-reactive ketones (excluding diaryl/α,β-unsaturated/α-hetero) is 5. The Hall–Kier alpha value is -7.73. The van der Waals surface area contributed by atoms with Crippen molar-refractivity contribution in [2.45, 2.75) is 148 Å². The molecule has 2 aromatic carbocycles. The number of ether oxygens (including phenoxy) is 4. The molecule has 2 fully saturated rings. The first-order valence-electron chi connectivity index (χ1n) is 31.4. The van der Waals surface area contributed by atoms with Gasteiger partial charge in [-0.3, -0.25) is 47.9 Å². The van der Waals surface area contributed by atoms with Crippen molar-refractivity contribution >= 4 is 69.4 Å². The summed E-state index contributed by atoms with van der Waals surface area (Å²) in [6.45, 7) is 6.08. The molecule has 0 radical (unpaired) electrons. The molecule has 5 aliphatic rings. The summed E-state index contributed by atoms with van der Waals surface area (Å²) < 4.78 is 39.2. The van der Waals surface area contributed by atoms with Crippen LogP contribution in [-0.4, -0.2) is 144 Å². The van der Waals surface area contributed by atoms with Crippen LogP contribution in [-0.2, 0) is 98.5 Å². The molecule has 90 heavy (non-hydrogen) atoms. The number of fused-ring (bicyclic) bond motifs is 5. The number of amides is 4. The van der Waals surface area contributed by atoms with E-state index in [0.29, 0.717) is 84.1 Å². The van der Waals surface area contributed by atoms with E-state index < -0.39 is 76.2 Å². The van der Waals surface area contributed by atoms with E-state index in [2.05, 4.69) is 16.0 Å². The number of esters is 1. The number of nitrogens with one attached hydrogen (secondary N) is 3. The SMILES string of the molecule is CC[C@@]1(O)C(=O)OCc2c1cc1n(c2=O)Cc2c-1nc1cc(F)c(C)c3c1c2[C@@H](N(C)C(=O)C(C)OCCC(=O)CNC(=O)[C@@H](CC(=O)CNC(=O)CCC(=O)COCCOCCNC(=O)C1CCC(CC2C(=O)CC(C)C2=O)CC1)Cc1ccccc1)CC3. The highest BCUT2D eigenvalue weighted by atomic mass is 19.1. The first-order chi connectivity index (χ1) is 43.1. The first-order valence-corrected chi connectivity index (χ1v) is 31.4. The molecule has 0 spiro atoms. The van der Waals surface area contributed by atoms with Crippen molar-refractivity contribution in [1.29, 1.82) is 0 Å². The van der Waals surface area contributed by atoms with Gasteiger partial charge in [0, 0.05) is 86.0 Å². The van der Waals surface area contributed by atoms with Crippen LogP contribution in [0.2, 0.25) is 0 Å². The third kappa shape index (κ3) is 15.0. The van der Waals surface area contributed by atoms with Gasteiger partial charge in [-0.15, -0.1) is 0 Å². The van der Waals surface area contributed by atoms with Crippen LogP contribution in [0.1, 0.15) is 143 Å². The quantitative estimate of drug-likeness (QED) is 0.0271. The van der Waals surface area contributed by atoms with Crippen LogP contribution in [0, 0.1) is 42.3 Å². The van der Waals surface area contributed by atoms with Crippen molar-refractivity contribution in [3.63, 3.8) is 0 Å². The van der Waals surface area contributed by atoms with Gasteiger partial charge >= 0.3 is 5.97 Å². The average molecular weight is 1250 g/mol. The van der Waals surface area contributed by atoms with E-state index in [9.17, 15) is 57.8 Å². The van der Waals surface area contributed by atoms with Crippen LogP contribution >= 0.6 is 0 Å². The number of halogens is 1. The average Bonchev–Trinajstić information content (AvgIpc) is 1.46. The number of aromatic nitrogens is 2. The van der Waals surface area contributed by atoms with E-state index in [-0.39, 0.29) is 150 Å². The van der Waals surface area contributed by atoms with E-state index in [4.69, 9.17) is 23.9 Å². The Balaban J connectivity index is 0.680. The number of hydrogen-bond acceptors (Lipinski definition) is 17. The van der Waals surface area contributed by atoms with Gasteiger partial charge < -0.3 is 49.5 Å². The van der Waals surface area contributed by atoms with Gasteiger partial charge in [-0.2, -0.15) is 0 Å². The molecule has 23 heteroatoms. The molecule has 482 valence electrons. The van der Waals surface area contributed by atoms with Gasteiger partial charge in [-0.25, -0.2) is 14.2 Å². The van der Waals surface area contributed by atoms with Crippen molar-refractivity contribution in [2.75, 3.05) is 59.7 Å². The van der Waals surface area contributed by atoms with Crippen molar-refractivity contribution < 1.29 is 76.4 Å². The lowest BCUT2D eigenvalue weighted by molar-refractivity contribution is -0.172. The van der Waals surface area contributed by atoms with Crippen LogP contribution < -0.4 is 21.5 Å². The molecule has 2 aliphatic heterocycles. The molecule has 4 N–H and O–H groups in total. The molecular formula is C67H81FN6O16. The third-order valence-electron chi connectivity index (χ3n) is 18.7. The zero-order chi connectivity index (χ0) is 64.6. The second kappa shape index (κ2) is 29.5. The molecule has 0 bridgehead atoms. The monoisotopic (exact) mass is 1240 g/mol. The Morgan fingerprint density at radius 3 is 2.32 bits per heavy atom. The number of aryl methyl sites for hydroxylation is 1. The number of carbonyl (C=O) groups is 10. The summed E-state index contributed by atoms with van der Waals surface area (Å²) in [6, 6.07) is 11.3. The molecule has 9 rings (SSSR count). The highest BCUT2D eigenvalue weighted by Gasteiger charge is 2.47. The predicted molar refractivity (Wildman–Crippen MR) is 324 cm³/mol. The second-order valence-electron chi connectivity index (χ2n) is 24.7. The Bertz CT molecular complexity index is 3530. The third-order valence-corrected chi connectivity index (χ3v) is 18.7. The lowest BCUT2D eigenvalue weighted by Crippen LogP contribution is -2.44. The van der Waals surface area contributed by atoms with E-state index in [1.807, 2.05) is 13.0 Å². The fourth-order valence-corrected chi connectivity index (χ4v) is 13.4. The number of likely N-dealkylation sites (N-methyl/N-ethyl adjacent to an activating group) is 1. The summed E-state index contributed by atoms with van der Waals surface area (Å²) in [5, 5.41) is 20.2. The number of cyclic esters (lactones) is 1. The molecule has 3 unspecified atom stereocenters. The molecule has 22 nitrogen and oxygen atoms in total. The number of aliphatic hydroxyl groups is 1. The minimum Gasteiger partial charge on any atom is -0.458 e. The van der Waals surface area contributed by atoms with Crippen LogP contribution in [0.25, 0.3) is 22.3 Å². The largest absolute Gasteiger partial charge is 0.458 e. The molecular weight excluding hydrogens is 1160 g/mol. The number of carbonyl (C=O) groups excluding carboxylic acids is 10. The summed E-state index contributed by atoms with van der Waals surface area (Å²) in [5.41, 5.74) is 2.12. The Morgan fingerprint density at radius 1 is 0.867 bits per heavy atom. The molecule has 0 saturated heterocycles. The van der Waals surface area contributed by atoms with Gasteiger partial charge in [0.15, 0.2) is 23.0 Å². The lowest BCUT2D eigenvalue weighted by Gasteiger charge is -2.36. The minimum absolute atomic E-state index is 0.0454. The van der Waals surface area contributed by atoms with Crippen LogP contribution in [0.3, 0.4) is 0 Å². The zero-order valence-corrected chi connectivity index (χ0v) is 51.8. The molecule has 3 aliphatic carbocycles. The van der Waals surface area contributed by atoms with Crippen molar-refractivity contribution in [3.05, 3.63) is 97.6 Å². The number of nitrogens with zero attached hydrogens (tertiary/aromatic N) is 3. The van der Waals surface area contributed by atoms with Crippen molar-refractivity contribution in [3.8, 4) is 11.4 Å². The van der Waals surface area contributed by atoms with Crippen molar-refractivity contribution in [1.82, 2.24) is 30.4 Å². The maximum atomic E-state index is 15.5. The number of hydrogen-bond donors (Lipinski definition) is 4. The summed E-state index contributed by atoms with van der Waals surface area (Å²) in [5.74, 6) is -5.38. The first kappa shape index (κ1) is 66.7. The maximum absolute atomic E-state index is 15.5. The highest BCUT2D eigenvalue weighted by molar-refractivity contribution is 6.09. The Kier molecular flexibility index (Phi) is 21.8. The van der Waals surface area contributed by atoms with Gasteiger partial charge in [0.2, 0.25) is 17.7 Å². The normalized spacial score (nSPS) is 21.4. The standard InChI is InChI=1S/C67H81FN6O16/c1-6-67(86)51-30-55-60-49(34-74(55)65(84)50(51)36-90-66(67)85)59-54(18-17-47-38(3)52(68)31-53(72-60)58(47)59)73(5)64(83)39(4)89-22-20-44(75)32-71-63(82)43(27-40-10-8-7-9-11-40)29-46(77)33-70-57(79)19-16-45(76)35-88-25-24-87-23-21-69-62(81)42-14-12-41(13-15-42)28-48-56(78)26-37(2)61(48)80/h7-11,30-31,37,39,41-43,48,54,86H,6,12-29,32-36H2,1-5H3,(H,69,81)(H,70,79)(H,71,82)/t37?,39?,41?,42?,43-,48?,54+,67+/m1/s1. The fourth-order valence-electron chi connectivity index (χ4n) is 13.4. The summed E-state index contributed by atoms with van der Waals surface area (Å²) in [4.78, 5) is 150. The summed E-state index contributed by atoms with van der Waals surface area (Å²) in [6.07, 6.45) is 3.11. The van der Waals surface area contributed by atoms with Gasteiger partial charge in [0.1, 0.15) is 36.7 Å². The van der Waals surface area contributed by atoms with E-state index in [1.54, 1.807) is 63.1 Å². The van der Waals surface area contributed by atoms with Crippen LogP contribution in [0.4, 0.5) is 4.39 Å². The molecule has 2 aromatic heterocycles. The number of ketones is 5. The summed E-state index contributed by atoms with van der Waals surface area (Å²) >= 11 is 0. The van der Waals surface area contributed by atoms with Gasteiger partial charge in [0.25, 0.3) is 11.5 Å². The highest BCUT2D eigenvalue weighted by Crippen LogP contribution is 2.48. The minimum atomic E-state index is -2.06. The fraction of sp³-hybridized carbons (Fsp3) is 0.552. The van der Waals surface area contributed by atoms with Gasteiger partial charge in [-0.1, -0.05) is 44.2 Å². The van der Waals surface area contributed by atoms with E-state index in [1.165, 1.54) is 10.6 Å². The van der Waals surface area contributed by atoms with Crippen LogP contribution in [0.5, 0.6) is 0 Å². The molecule has 4 heterocycles. The smallest absolute Gasteiger partial charge is 0.343 e. The maximum Gasteiger partial charge on any atom is 0.343 e. The predicted octanol–water partition coefficient (Wildman–Crippen LogP) is 4.88. The number of rotatable bonds is 30. The van der Waals surface area contributed by atoms with Gasteiger partial charge in [-0.05, 0) is 106 Å². The lowest BCUT2D eigenvalue weighted by atomic mass is 9.77. The topological polar surface area (TPSA) is 302 Å². The molecule has 4 aromatic rings. The number of pyridine rings is 2. The Labute approximate surface area is 521 Å². The number of benzene rings is 2. The second-order valence-corrected chi connectivity index (χ2v) is 24.7. The Morgan fingerprint density at radius 2 is 1.60 bits per heavy atom. The van der Waals surface area contributed by atoms with Crippen LogP contribution in [0.15, 0.2) is 47.3 Å². The van der Waals surface area contributed by atoms with E-state index in [0.717, 1.165) is 24.0 Å². The molecule has 6 atom stereocenters. The summed E-state index contributed by atoms with van der Waals surface area (Å²) in [7, 11) is 1.63. The van der Waals surface area contributed by atoms with Crippen molar-refractivity contribution in [2.24, 2.45) is 29.6 Å². The molecule has 2 saturated carbocycles. The zero-order valence-electron chi connectivity index (χ0n) is 51.8. The van der Waals surface area contributed by atoms with E-state index >= 15 is 4.39 Å².